The molecule has 1 heterocycles. The number of piperidine rings is 1. The highest BCUT2D eigenvalue weighted by Gasteiger charge is 2.27. The van der Waals surface area contributed by atoms with Crippen molar-refractivity contribution in [2.75, 3.05) is 18.0 Å². The Bertz CT molecular complexity index is 440. The largest absolute Gasteiger partial charge is 0.370 e. The van der Waals surface area contributed by atoms with Gasteiger partial charge in [-0.1, -0.05) is 19.9 Å². The van der Waals surface area contributed by atoms with E-state index in [-0.39, 0.29) is 6.04 Å². The summed E-state index contributed by atoms with van der Waals surface area (Å²) < 4.78 is 1.20. The summed E-state index contributed by atoms with van der Waals surface area (Å²) in [6, 6.07) is 6.89. The zero-order valence-electron chi connectivity index (χ0n) is 12.2. The Balaban J connectivity index is 2.16. The summed E-state index contributed by atoms with van der Waals surface area (Å²) in [5, 5.41) is 0. The van der Waals surface area contributed by atoms with Gasteiger partial charge in [0.2, 0.25) is 0 Å². The second-order valence-corrected chi connectivity index (χ2v) is 7.51. The van der Waals surface area contributed by atoms with Gasteiger partial charge in [-0.2, -0.15) is 0 Å². The van der Waals surface area contributed by atoms with Gasteiger partial charge in [0, 0.05) is 23.6 Å². The fourth-order valence-electron chi connectivity index (χ4n) is 2.93. The third-order valence-electron chi connectivity index (χ3n) is 3.81. The van der Waals surface area contributed by atoms with Crippen LogP contribution in [0.3, 0.4) is 0 Å². The molecule has 1 saturated heterocycles. The third-order valence-corrected chi connectivity index (χ3v) is 4.45. The number of rotatable bonds is 3. The van der Waals surface area contributed by atoms with Gasteiger partial charge in [0.15, 0.2) is 0 Å². The van der Waals surface area contributed by atoms with E-state index in [9.17, 15) is 0 Å². The maximum Gasteiger partial charge on any atom is 0.0511 e. The van der Waals surface area contributed by atoms with Crippen molar-refractivity contribution < 1.29 is 0 Å². The van der Waals surface area contributed by atoms with Crippen LogP contribution in [0.1, 0.15) is 39.2 Å². The van der Waals surface area contributed by atoms with Crippen LogP contribution in [-0.4, -0.2) is 19.1 Å². The molecule has 1 aliphatic heterocycles. The van der Waals surface area contributed by atoms with E-state index >= 15 is 0 Å². The minimum atomic E-state index is 0.215. The Labute approximate surface area is 125 Å². The van der Waals surface area contributed by atoms with Gasteiger partial charge in [-0.15, -0.1) is 0 Å². The first-order valence-corrected chi connectivity index (χ1v) is 7.96. The van der Waals surface area contributed by atoms with Gasteiger partial charge in [-0.05, 0) is 65.2 Å². The Hall–Kier alpha value is -0.540. The zero-order chi connectivity index (χ0) is 14.0. The molecule has 3 heteroatoms. The van der Waals surface area contributed by atoms with Crippen LogP contribution in [0.4, 0.5) is 5.69 Å². The summed E-state index contributed by atoms with van der Waals surface area (Å²) in [7, 11) is 0. The van der Waals surface area contributed by atoms with Crippen molar-refractivity contribution in [3.05, 3.63) is 28.2 Å². The lowest BCUT2D eigenvalue weighted by atomic mass is 9.84. The standard InChI is InChI=1S/C16H25BrN2/c1-12(18)9-13-5-6-15(14(17)10-13)19-8-4-7-16(2,3)11-19/h5-6,10,12H,4,7-9,11,18H2,1-3H3. The van der Waals surface area contributed by atoms with E-state index in [1.54, 1.807) is 0 Å². The minimum absolute atomic E-state index is 0.215. The van der Waals surface area contributed by atoms with Crippen molar-refractivity contribution in [1.29, 1.82) is 0 Å². The summed E-state index contributed by atoms with van der Waals surface area (Å²) in [4.78, 5) is 2.50. The molecular formula is C16H25BrN2. The summed E-state index contributed by atoms with van der Waals surface area (Å²) in [6.07, 6.45) is 3.54. The number of anilines is 1. The van der Waals surface area contributed by atoms with Crippen LogP contribution in [0.2, 0.25) is 0 Å². The fourth-order valence-corrected chi connectivity index (χ4v) is 3.61. The van der Waals surface area contributed by atoms with Gasteiger partial charge in [0.25, 0.3) is 0 Å². The van der Waals surface area contributed by atoms with Crippen molar-refractivity contribution in [2.24, 2.45) is 11.1 Å². The number of halogens is 1. The molecule has 2 nitrogen and oxygen atoms in total. The molecule has 1 unspecified atom stereocenters. The maximum atomic E-state index is 5.87. The van der Waals surface area contributed by atoms with E-state index in [0.29, 0.717) is 5.41 Å². The number of benzene rings is 1. The van der Waals surface area contributed by atoms with Crippen LogP contribution in [0.25, 0.3) is 0 Å². The fraction of sp³-hybridized carbons (Fsp3) is 0.625. The quantitative estimate of drug-likeness (QED) is 0.911. The van der Waals surface area contributed by atoms with Crippen molar-refractivity contribution in [3.8, 4) is 0 Å². The first-order valence-electron chi connectivity index (χ1n) is 7.16. The van der Waals surface area contributed by atoms with E-state index in [0.717, 1.165) is 19.5 Å². The Morgan fingerprint density at radius 3 is 2.74 bits per heavy atom. The lowest BCUT2D eigenvalue weighted by Gasteiger charge is -2.40. The van der Waals surface area contributed by atoms with E-state index < -0.39 is 0 Å². The normalized spacial score (nSPS) is 20.4. The molecule has 0 aromatic heterocycles. The summed E-state index contributed by atoms with van der Waals surface area (Å²) in [5.74, 6) is 0. The van der Waals surface area contributed by atoms with Crippen LogP contribution in [0, 0.1) is 5.41 Å². The van der Waals surface area contributed by atoms with Gasteiger partial charge in [-0.25, -0.2) is 0 Å². The van der Waals surface area contributed by atoms with E-state index in [4.69, 9.17) is 5.73 Å². The maximum absolute atomic E-state index is 5.87. The Morgan fingerprint density at radius 1 is 1.42 bits per heavy atom. The molecule has 1 fully saturated rings. The average Bonchev–Trinajstić information content (AvgIpc) is 2.26. The zero-order valence-corrected chi connectivity index (χ0v) is 13.8. The lowest BCUT2D eigenvalue weighted by molar-refractivity contribution is 0.293. The molecule has 106 valence electrons. The van der Waals surface area contributed by atoms with Gasteiger partial charge in [0.05, 0.1) is 5.69 Å². The molecule has 0 amide bonds. The van der Waals surface area contributed by atoms with Gasteiger partial charge in [0.1, 0.15) is 0 Å². The first-order chi connectivity index (χ1) is 8.87. The molecule has 0 aliphatic carbocycles. The molecule has 1 atom stereocenters. The summed E-state index contributed by atoms with van der Waals surface area (Å²) in [5.41, 5.74) is 8.91. The monoisotopic (exact) mass is 324 g/mol. The molecule has 2 rings (SSSR count). The van der Waals surface area contributed by atoms with Crippen molar-refractivity contribution >= 4 is 21.6 Å². The predicted molar refractivity (Wildman–Crippen MR) is 86.7 cm³/mol. The molecule has 2 N–H and O–H groups in total. The van der Waals surface area contributed by atoms with E-state index in [1.807, 2.05) is 0 Å². The molecule has 1 aromatic carbocycles. The highest BCUT2D eigenvalue weighted by Crippen LogP contribution is 2.35. The molecule has 0 bridgehead atoms. The first kappa shape index (κ1) is 14.9. The van der Waals surface area contributed by atoms with Crippen LogP contribution < -0.4 is 10.6 Å². The van der Waals surface area contributed by atoms with Gasteiger partial charge in [-0.3, -0.25) is 0 Å². The molecule has 0 spiro atoms. The van der Waals surface area contributed by atoms with Crippen molar-refractivity contribution in [1.82, 2.24) is 0 Å². The second-order valence-electron chi connectivity index (χ2n) is 6.66. The molecule has 1 aromatic rings. The Kier molecular flexibility index (Phi) is 4.57. The smallest absolute Gasteiger partial charge is 0.0511 e. The number of hydrogen-bond acceptors (Lipinski definition) is 2. The van der Waals surface area contributed by atoms with Crippen LogP contribution in [-0.2, 0) is 6.42 Å². The van der Waals surface area contributed by atoms with Crippen molar-refractivity contribution in [2.45, 2.75) is 46.1 Å². The number of nitrogens with two attached hydrogens (primary N) is 1. The molecule has 1 aliphatic rings. The number of nitrogens with zero attached hydrogens (tertiary/aromatic N) is 1. The second kappa shape index (κ2) is 5.84. The average molecular weight is 325 g/mol. The van der Waals surface area contributed by atoms with Crippen LogP contribution >= 0.6 is 15.9 Å². The third kappa shape index (κ3) is 3.96. The van der Waals surface area contributed by atoms with Crippen molar-refractivity contribution in [3.63, 3.8) is 0 Å². The van der Waals surface area contributed by atoms with E-state index in [1.165, 1.54) is 28.6 Å². The van der Waals surface area contributed by atoms with Gasteiger partial charge >= 0.3 is 0 Å². The van der Waals surface area contributed by atoms with E-state index in [2.05, 4.69) is 59.8 Å². The molecule has 19 heavy (non-hydrogen) atoms. The van der Waals surface area contributed by atoms with Crippen LogP contribution in [0.5, 0.6) is 0 Å². The number of hydrogen-bond donors (Lipinski definition) is 1. The highest BCUT2D eigenvalue weighted by molar-refractivity contribution is 9.10. The molecule has 0 saturated carbocycles. The summed E-state index contributed by atoms with van der Waals surface area (Å²) >= 11 is 3.73. The topological polar surface area (TPSA) is 29.3 Å². The highest BCUT2D eigenvalue weighted by atomic mass is 79.9. The minimum Gasteiger partial charge on any atom is -0.370 e. The molecular weight excluding hydrogens is 300 g/mol. The lowest BCUT2D eigenvalue weighted by Crippen LogP contribution is -2.40. The van der Waals surface area contributed by atoms with Crippen LogP contribution in [0.15, 0.2) is 22.7 Å². The molecule has 0 radical (unpaired) electrons. The predicted octanol–water partition coefficient (Wildman–Crippen LogP) is 3.97. The van der Waals surface area contributed by atoms with Gasteiger partial charge < -0.3 is 10.6 Å². The SMILES string of the molecule is CC(N)Cc1ccc(N2CCCC(C)(C)C2)c(Br)c1. The Morgan fingerprint density at radius 2 is 2.16 bits per heavy atom. The summed E-state index contributed by atoms with van der Waals surface area (Å²) in [6.45, 7) is 9.07.